The third-order valence-electron chi connectivity index (χ3n) is 3.40. The van der Waals surface area contributed by atoms with Crippen LogP contribution in [0.4, 0.5) is 4.39 Å². The first-order chi connectivity index (χ1) is 9.78. The van der Waals surface area contributed by atoms with E-state index in [9.17, 15) is 4.39 Å². The highest BCUT2D eigenvalue weighted by molar-refractivity contribution is 5.80. The van der Waals surface area contributed by atoms with E-state index in [0.29, 0.717) is 0 Å². The first-order valence-corrected chi connectivity index (χ1v) is 6.85. The lowest BCUT2D eigenvalue weighted by Crippen LogP contribution is -1.99. The highest BCUT2D eigenvalue weighted by Crippen LogP contribution is 2.23. The van der Waals surface area contributed by atoms with E-state index < -0.39 is 0 Å². The van der Waals surface area contributed by atoms with Crippen molar-refractivity contribution < 1.29 is 4.39 Å². The number of benzene rings is 1. The summed E-state index contributed by atoms with van der Waals surface area (Å²) < 4.78 is 15.0. The molecule has 3 nitrogen and oxygen atoms in total. The van der Waals surface area contributed by atoms with Gasteiger partial charge < -0.3 is 0 Å². The van der Waals surface area contributed by atoms with Gasteiger partial charge in [0.1, 0.15) is 11.3 Å². The fourth-order valence-corrected chi connectivity index (χ4v) is 2.24. The summed E-state index contributed by atoms with van der Waals surface area (Å²) in [5.41, 5.74) is 3.87. The van der Waals surface area contributed by atoms with Crippen LogP contribution in [0.1, 0.15) is 19.8 Å². The van der Waals surface area contributed by atoms with Crippen molar-refractivity contribution >= 4 is 11.0 Å². The van der Waals surface area contributed by atoms with Gasteiger partial charge in [0.05, 0.1) is 11.7 Å². The topological polar surface area (TPSA) is 30.7 Å². The van der Waals surface area contributed by atoms with E-state index in [1.165, 1.54) is 12.1 Å². The summed E-state index contributed by atoms with van der Waals surface area (Å²) in [4.78, 5) is 4.43. The molecule has 2 aromatic heterocycles. The Hall–Kier alpha value is -2.23. The maximum absolute atomic E-state index is 13.0. The molecule has 2 heterocycles. The summed E-state index contributed by atoms with van der Waals surface area (Å²) in [5, 5.41) is 4.38. The molecule has 1 aromatic carbocycles. The molecule has 3 aromatic rings. The number of unbranched alkanes of at least 4 members (excludes halogenated alkanes) is 1. The number of hydrogen-bond donors (Lipinski definition) is 0. The number of nitrogens with zero attached hydrogens (tertiary/aromatic N) is 3. The maximum atomic E-state index is 13.0. The highest BCUT2D eigenvalue weighted by atomic mass is 19.1. The van der Waals surface area contributed by atoms with Gasteiger partial charge in [0.15, 0.2) is 0 Å². The molecular weight excluding hydrogens is 253 g/mol. The monoisotopic (exact) mass is 269 g/mol. The van der Waals surface area contributed by atoms with Crippen LogP contribution in [-0.4, -0.2) is 14.8 Å². The molecule has 0 aliphatic rings. The SMILES string of the molecule is CCCCn1ncc2ncc(-c3ccc(F)cc3)cc21. The minimum Gasteiger partial charge on any atom is -0.263 e. The number of rotatable bonds is 4. The number of halogens is 1. The summed E-state index contributed by atoms with van der Waals surface area (Å²) >= 11 is 0. The second-order valence-electron chi connectivity index (χ2n) is 4.86. The number of fused-ring (bicyclic) bond motifs is 1. The Kier molecular flexibility index (Phi) is 3.46. The van der Waals surface area contributed by atoms with Crippen LogP contribution < -0.4 is 0 Å². The minimum atomic E-state index is -0.226. The Labute approximate surface area is 117 Å². The molecule has 0 aliphatic heterocycles. The third kappa shape index (κ3) is 2.41. The zero-order chi connectivity index (χ0) is 13.9. The van der Waals surface area contributed by atoms with Crippen LogP contribution in [-0.2, 0) is 6.54 Å². The second-order valence-corrected chi connectivity index (χ2v) is 4.86. The Bertz CT molecular complexity index is 716. The van der Waals surface area contributed by atoms with E-state index in [-0.39, 0.29) is 5.82 Å². The molecule has 0 saturated carbocycles. The van der Waals surface area contributed by atoms with Crippen LogP contribution in [0.2, 0.25) is 0 Å². The van der Waals surface area contributed by atoms with Gasteiger partial charge in [-0.25, -0.2) is 4.39 Å². The molecule has 0 N–H and O–H groups in total. The quantitative estimate of drug-likeness (QED) is 0.715. The molecule has 3 rings (SSSR count). The van der Waals surface area contributed by atoms with Gasteiger partial charge in [0.25, 0.3) is 0 Å². The van der Waals surface area contributed by atoms with Gasteiger partial charge >= 0.3 is 0 Å². The van der Waals surface area contributed by atoms with Crippen LogP contribution in [0.5, 0.6) is 0 Å². The van der Waals surface area contributed by atoms with Crippen molar-refractivity contribution in [2.24, 2.45) is 0 Å². The van der Waals surface area contributed by atoms with Crippen molar-refractivity contribution in [1.82, 2.24) is 14.8 Å². The summed E-state index contributed by atoms with van der Waals surface area (Å²) in [6.45, 7) is 3.06. The van der Waals surface area contributed by atoms with E-state index in [1.807, 2.05) is 4.68 Å². The van der Waals surface area contributed by atoms with Crippen LogP contribution >= 0.6 is 0 Å². The van der Waals surface area contributed by atoms with Crippen molar-refractivity contribution in [3.05, 3.63) is 48.5 Å². The fourth-order valence-electron chi connectivity index (χ4n) is 2.24. The predicted molar refractivity (Wildman–Crippen MR) is 77.8 cm³/mol. The molecule has 0 saturated heterocycles. The summed E-state index contributed by atoms with van der Waals surface area (Å²) in [6.07, 6.45) is 5.82. The summed E-state index contributed by atoms with van der Waals surface area (Å²) in [5.74, 6) is -0.226. The van der Waals surface area contributed by atoms with Crippen molar-refractivity contribution in [3.63, 3.8) is 0 Å². The summed E-state index contributed by atoms with van der Waals surface area (Å²) in [7, 11) is 0. The molecule has 0 radical (unpaired) electrons. The van der Waals surface area contributed by atoms with Crippen LogP contribution in [0.15, 0.2) is 42.7 Å². The normalized spacial score (nSPS) is 11.1. The van der Waals surface area contributed by atoms with Crippen molar-refractivity contribution in [2.45, 2.75) is 26.3 Å². The van der Waals surface area contributed by atoms with E-state index >= 15 is 0 Å². The highest BCUT2D eigenvalue weighted by Gasteiger charge is 2.06. The van der Waals surface area contributed by atoms with Gasteiger partial charge in [0.2, 0.25) is 0 Å². The molecule has 20 heavy (non-hydrogen) atoms. The molecule has 102 valence electrons. The van der Waals surface area contributed by atoms with E-state index in [2.05, 4.69) is 23.1 Å². The number of aryl methyl sites for hydroxylation is 1. The van der Waals surface area contributed by atoms with Crippen molar-refractivity contribution in [2.75, 3.05) is 0 Å². The van der Waals surface area contributed by atoms with Gasteiger partial charge in [-0.15, -0.1) is 0 Å². The smallest absolute Gasteiger partial charge is 0.123 e. The lowest BCUT2D eigenvalue weighted by molar-refractivity contribution is 0.588. The fraction of sp³-hybridized carbons (Fsp3) is 0.250. The Morgan fingerprint density at radius 2 is 1.90 bits per heavy atom. The van der Waals surface area contributed by atoms with Gasteiger partial charge in [0, 0.05) is 18.3 Å². The lowest BCUT2D eigenvalue weighted by Gasteiger charge is -2.04. The zero-order valence-electron chi connectivity index (χ0n) is 11.4. The molecule has 0 spiro atoms. The van der Waals surface area contributed by atoms with E-state index in [1.54, 1.807) is 24.5 Å². The number of aromatic nitrogens is 3. The van der Waals surface area contributed by atoms with Crippen molar-refractivity contribution in [3.8, 4) is 11.1 Å². The lowest BCUT2D eigenvalue weighted by atomic mass is 10.1. The second kappa shape index (κ2) is 5.41. The van der Waals surface area contributed by atoms with E-state index in [4.69, 9.17) is 0 Å². The minimum absolute atomic E-state index is 0.226. The molecule has 0 bridgehead atoms. The largest absolute Gasteiger partial charge is 0.263 e. The standard InChI is InChI=1S/C16H16FN3/c1-2-3-8-20-16-9-13(10-18-15(16)11-19-20)12-4-6-14(17)7-5-12/h4-7,9-11H,2-3,8H2,1H3. The Morgan fingerprint density at radius 1 is 1.10 bits per heavy atom. The molecule has 0 fully saturated rings. The first-order valence-electron chi connectivity index (χ1n) is 6.85. The number of pyridine rings is 1. The first kappa shape index (κ1) is 12.8. The van der Waals surface area contributed by atoms with Gasteiger partial charge in [-0.05, 0) is 30.2 Å². The average molecular weight is 269 g/mol. The van der Waals surface area contributed by atoms with Gasteiger partial charge in [-0.3, -0.25) is 9.67 Å². The Balaban J connectivity index is 2.02. The Morgan fingerprint density at radius 3 is 2.65 bits per heavy atom. The van der Waals surface area contributed by atoms with Crippen LogP contribution in [0.25, 0.3) is 22.2 Å². The molecule has 0 unspecified atom stereocenters. The molecule has 0 amide bonds. The maximum Gasteiger partial charge on any atom is 0.123 e. The van der Waals surface area contributed by atoms with Gasteiger partial charge in [-0.1, -0.05) is 25.5 Å². The molecule has 4 heteroatoms. The van der Waals surface area contributed by atoms with Crippen LogP contribution in [0, 0.1) is 5.82 Å². The summed E-state index contributed by atoms with van der Waals surface area (Å²) in [6, 6.07) is 8.54. The van der Waals surface area contributed by atoms with Gasteiger partial charge in [-0.2, -0.15) is 5.10 Å². The molecule has 0 aliphatic carbocycles. The predicted octanol–water partition coefficient (Wildman–Crippen LogP) is 4.04. The van der Waals surface area contributed by atoms with E-state index in [0.717, 1.165) is 41.5 Å². The average Bonchev–Trinajstić information content (AvgIpc) is 2.88. The van der Waals surface area contributed by atoms with Crippen molar-refractivity contribution in [1.29, 1.82) is 0 Å². The zero-order valence-corrected chi connectivity index (χ0v) is 11.4. The number of hydrogen-bond acceptors (Lipinski definition) is 2. The molecular formula is C16H16FN3. The van der Waals surface area contributed by atoms with Crippen LogP contribution in [0.3, 0.4) is 0 Å². The molecule has 0 atom stereocenters. The third-order valence-corrected chi connectivity index (χ3v) is 3.40.